The predicted octanol–water partition coefficient (Wildman–Crippen LogP) is 2.81. The van der Waals surface area contributed by atoms with Crippen LogP contribution >= 0.6 is 0 Å². The highest BCUT2D eigenvalue weighted by atomic mass is 16.5. The number of aromatic amines is 1. The van der Waals surface area contributed by atoms with Crippen LogP contribution in [0.1, 0.15) is 17.0 Å². The number of amides is 1. The Balaban J connectivity index is 1.94. The molecule has 0 saturated heterocycles. The van der Waals surface area contributed by atoms with Crippen LogP contribution in [0.15, 0.2) is 36.4 Å². The number of rotatable bonds is 6. The van der Waals surface area contributed by atoms with Gasteiger partial charge in [-0.1, -0.05) is 12.1 Å². The Morgan fingerprint density at radius 3 is 2.81 bits per heavy atom. The van der Waals surface area contributed by atoms with Gasteiger partial charge >= 0.3 is 0 Å². The van der Waals surface area contributed by atoms with Crippen LogP contribution in [0, 0.1) is 18.3 Å². The minimum absolute atomic E-state index is 0.243. The molecule has 136 valence electrons. The number of nitriles is 1. The van der Waals surface area contributed by atoms with Gasteiger partial charge in [-0.15, -0.1) is 0 Å². The van der Waals surface area contributed by atoms with Crippen LogP contribution in [0.25, 0.3) is 22.7 Å². The molecule has 0 atom stereocenters. The zero-order valence-corrected chi connectivity index (χ0v) is 14.9. The van der Waals surface area contributed by atoms with Gasteiger partial charge in [0.25, 0.3) is 5.91 Å². The van der Waals surface area contributed by atoms with Crippen LogP contribution in [-0.4, -0.2) is 29.6 Å². The first-order chi connectivity index (χ1) is 13.0. The number of allylic oxidation sites excluding steroid dienone is 1. The lowest BCUT2D eigenvalue weighted by molar-refractivity contribution is -0.119. The standard InChI is InChI=1S/C20H18N4O3/c1-12-3-5-15-16(7-12)24-20(23-15)14(10-21)8-13-4-6-17(18(9-13)26-2)27-11-19(22)25/h3-9H,11H2,1-2H3,(H2,22,25)(H,23,24)/b14-8-. The van der Waals surface area contributed by atoms with E-state index in [0.29, 0.717) is 22.9 Å². The van der Waals surface area contributed by atoms with Crippen molar-refractivity contribution >= 4 is 28.6 Å². The van der Waals surface area contributed by atoms with E-state index in [0.717, 1.165) is 22.2 Å². The summed E-state index contributed by atoms with van der Waals surface area (Å²) in [6.45, 7) is 1.75. The van der Waals surface area contributed by atoms with Crippen molar-refractivity contribution in [3.63, 3.8) is 0 Å². The topological polar surface area (TPSA) is 114 Å². The minimum atomic E-state index is -0.576. The Kier molecular flexibility index (Phi) is 5.08. The molecule has 0 aliphatic rings. The van der Waals surface area contributed by atoms with E-state index in [2.05, 4.69) is 16.0 Å². The summed E-state index contributed by atoms with van der Waals surface area (Å²) >= 11 is 0. The fourth-order valence-corrected chi connectivity index (χ4v) is 2.61. The maximum atomic E-state index is 10.9. The maximum absolute atomic E-state index is 10.9. The quantitative estimate of drug-likeness (QED) is 0.655. The molecule has 0 fully saturated rings. The van der Waals surface area contributed by atoms with Crippen molar-refractivity contribution < 1.29 is 14.3 Å². The summed E-state index contributed by atoms with van der Waals surface area (Å²) in [5.41, 5.74) is 8.98. The second-order valence-electron chi connectivity index (χ2n) is 5.94. The van der Waals surface area contributed by atoms with Crippen molar-refractivity contribution in [1.82, 2.24) is 9.97 Å². The van der Waals surface area contributed by atoms with Gasteiger partial charge < -0.3 is 20.2 Å². The van der Waals surface area contributed by atoms with Gasteiger partial charge in [-0.25, -0.2) is 4.98 Å². The van der Waals surface area contributed by atoms with Gasteiger partial charge in [0.2, 0.25) is 0 Å². The number of nitrogens with one attached hydrogen (secondary N) is 1. The third kappa shape index (κ3) is 4.07. The molecular formula is C20H18N4O3. The molecule has 0 saturated carbocycles. The van der Waals surface area contributed by atoms with E-state index >= 15 is 0 Å². The fourth-order valence-electron chi connectivity index (χ4n) is 2.61. The third-order valence-corrected chi connectivity index (χ3v) is 3.88. The predicted molar refractivity (Wildman–Crippen MR) is 102 cm³/mol. The summed E-state index contributed by atoms with van der Waals surface area (Å²) < 4.78 is 10.6. The van der Waals surface area contributed by atoms with E-state index in [1.807, 2.05) is 25.1 Å². The second-order valence-corrected chi connectivity index (χ2v) is 5.94. The number of methoxy groups -OCH3 is 1. The van der Waals surface area contributed by atoms with E-state index in [4.69, 9.17) is 15.2 Å². The van der Waals surface area contributed by atoms with E-state index in [1.165, 1.54) is 7.11 Å². The number of nitrogens with two attached hydrogens (primary N) is 1. The van der Waals surface area contributed by atoms with Crippen LogP contribution in [0.2, 0.25) is 0 Å². The Labute approximate surface area is 156 Å². The normalized spacial score (nSPS) is 11.2. The van der Waals surface area contributed by atoms with E-state index in [9.17, 15) is 10.1 Å². The summed E-state index contributed by atoms with van der Waals surface area (Å²) in [7, 11) is 1.49. The highest BCUT2D eigenvalue weighted by molar-refractivity contribution is 5.90. The highest BCUT2D eigenvalue weighted by Gasteiger charge is 2.10. The summed E-state index contributed by atoms with van der Waals surface area (Å²) in [5, 5.41) is 9.56. The molecule has 27 heavy (non-hydrogen) atoms. The van der Waals surface area contributed by atoms with E-state index < -0.39 is 5.91 Å². The van der Waals surface area contributed by atoms with Gasteiger partial charge in [0.1, 0.15) is 11.9 Å². The van der Waals surface area contributed by atoms with Gasteiger partial charge in [-0.05, 0) is 48.4 Å². The monoisotopic (exact) mass is 362 g/mol. The number of ether oxygens (including phenoxy) is 2. The third-order valence-electron chi connectivity index (χ3n) is 3.88. The average molecular weight is 362 g/mol. The number of hydrogen-bond acceptors (Lipinski definition) is 5. The first-order valence-corrected chi connectivity index (χ1v) is 8.18. The van der Waals surface area contributed by atoms with Crippen molar-refractivity contribution in [2.24, 2.45) is 5.73 Å². The van der Waals surface area contributed by atoms with Crippen molar-refractivity contribution in [2.75, 3.05) is 13.7 Å². The Bertz CT molecular complexity index is 1080. The molecule has 0 aliphatic heterocycles. The van der Waals surface area contributed by atoms with Gasteiger partial charge in [-0.2, -0.15) is 5.26 Å². The first kappa shape index (κ1) is 18.0. The number of benzene rings is 2. The number of nitrogens with zero attached hydrogens (tertiary/aromatic N) is 2. The molecule has 3 N–H and O–H groups in total. The fraction of sp³-hybridized carbons (Fsp3) is 0.150. The molecule has 7 nitrogen and oxygen atoms in total. The lowest BCUT2D eigenvalue weighted by atomic mass is 10.1. The van der Waals surface area contributed by atoms with E-state index in [-0.39, 0.29) is 6.61 Å². The zero-order chi connectivity index (χ0) is 19.4. The number of imidazole rings is 1. The Hall–Kier alpha value is -3.79. The van der Waals surface area contributed by atoms with Crippen molar-refractivity contribution in [3.8, 4) is 17.6 Å². The molecule has 3 rings (SSSR count). The van der Waals surface area contributed by atoms with Gasteiger partial charge in [0, 0.05) is 0 Å². The van der Waals surface area contributed by atoms with Crippen LogP contribution in [0.5, 0.6) is 11.5 Å². The molecule has 1 amide bonds. The molecule has 0 bridgehead atoms. The molecule has 1 aromatic heterocycles. The van der Waals surface area contributed by atoms with Gasteiger partial charge in [0.15, 0.2) is 18.1 Å². The molecule has 3 aromatic rings. The summed E-state index contributed by atoms with van der Waals surface area (Å²) in [4.78, 5) is 18.5. The van der Waals surface area contributed by atoms with Crippen LogP contribution < -0.4 is 15.2 Å². The Morgan fingerprint density at radius 2 is 2.11 bits per heavy atom. The number of aromatic nitrogens is 2. The lowest BCUT2D eigenvalue weighted by Crippen LogP contribution is -2.20. The molecule has 7 heteroatoms. The number of fused-ring (bicyclic) bond motifs is 1. The minimum Gasteiger partial charge on any atom is -0.493 e. The average Bonchev–Trinajstić information content (AvgIpc) is 3.07. The van der Waals surface area contributed by atoms with Crippen molar-refractivity contribution in [2.45, 2.75) is 6.92 Å². The van der Waals surface area contributed by atoms with Crippen LogP contribution in [0.4, 0.5) is 0 Å². The van der Waals surface area contributed by atoms with Crippen molar-refractivity contribution in [1.29, 1.82) is 5.26 Å². The molecule has 0 spiro atoms. The molecular weight excluding hydrogens is 344 g/mol. The molecule has 0 aliphatic carbocycles. The zero-order valence-electron chi connectivity index (χ0n) is 14.9. The number of carbonyl (C=O) groups excluding carboxylic acids is 1. The van der Waals surface area contributed by atoms with Crippen LogP contribution in [-0.2, 0) is 4.79 Å². The molecule has 2 aromatic carbocycles. The largest absolute Gasteiger partial charge is 0.493 e. The SMILES string of the molecule is COc1cc(/C=C(/C#N)c2nc3ccc(C)cc3[nH]2)ccc1OCC(N)=O. The van der Waals surface area contributed by atoms with Crippen LogP contribution in [0.3, 0.4) is 0 Å². The molecule has 0 unspecified atom stereocenters. The summed E-state index contributed by atoms with van der Waals surface area (Å²) in [6.07, 6.45) is 1.70. The summed E-state index contributed by atoms with van der Waals surface area (Å²) in [6, 6.07) is 13.1. The van der Waals surface area contributed by atoms with Gasteiger partial charge in [-0.3, -0.25) is 4.79 Å². The number of aryl methyl sites for hydroxylation is 1. The number of hydrogen-bond donors (Lipinski definition) is 2. The number of H-pyrrole nitrogens is 1. The number of primary amides is 1. The smallest absolute Gasteiger partial charge is 0.255 e. The van der Waals surface area contributed by atoms with Crippen molar-refractivity contribution in [3.05, 3.63) is 53.3 Å². The lowest BCUT2D eigenvalue weighted by Gasteiger charge is -2.10. The number of carbonyl (C=O) groups is 1. The molecule has 0 radical (unpaired) electrons. The maximum Gasteiger partial charge on any atom is 0.255 e. The second kappa shape index (κ2) is 7.62. The summed E-state index contributed by atoms with van der Waals surface area (Å²) in [5.74, 6) is 0.743. The Morgan fingerprint density at radius 1 is 1.30 bits per heavy atom. The van der Waals surface area contributed by atoms with E-state index in [1.54, 1.807) is 24.3 Å². The van der Waals surface area contributed by atoms with Gasteiger partial charge in [0.05, 0.1) is 23.7 Å². The first-order valence-electron chi connectivity index (χ1n) is 8.18. The molecule has 1 heterocycles. The highest BCUT2D eigenvalue weighted by Crippen LogP contribution is 2.29.